The van der Waals surface area contributed by atoms with Crippen LogP contribution >= 0.6 is 12.2 Å². The van der Waals surface area contributed by atoms with E-state index in [1.165, 1.54) is 6.33 Å². The molecule has 0 bridgehead atoms. The molecule has 0 saturated carbocycles. The van der Waals surface area contributed by atoms with E-state index >= 15 is 0 Å². The van der Waals surface area contributed by atoms with E-state index in [1.54, 1.807) is 12.3 Å². The van der Waals surface area contributed by atoms with Crippen LogP contribution in [0.2, 0.25) is 0 Å². The zero-order valence-corrected chi connectivity index (χ0v) is 6.71. The third-order valence-corrected chi connectivity index (χ3v) is 1.41. The van der Waals surface area contributed by atoms with Crippen LogP contribution in [-0.4, -0.2) is 20.2 Å². The number of hydrogen-bond acceptors (Lipinski definition) is 5. The highest BCUT2D eigenvalue weighted by atomic mass is 32.1. The third kappa shape index (κ3) is 1.24. The van der Waals surface area contributed by atoms with Gasteiger partial charge in [-0.3, -0.25) is 0 Å². The van der Waals surface area contributed by atoms with E-state index in [1.807, 2.05) is 0 Å². The van der Waals surface area contributed by atoms with Gasteiger partial charge in [0.25, 0.3) is 10.7 Å². The highest BCUT2D eigenvalue weighted by Crippen LogP contribution is 2.10. The largest absolute Gasteiger partial charge is 0.408 e. The van der Waals surface area contributed by atoms with Crippen molar-refractivity contribution in [2.45, 2.75) is 0 Å². The zero-order valence-electron chi connectivity index (χ0n) is 5.89. The molecule has 5 nitrogen and oxygen atoms in total. The van der Waals surface area contributed by atoms with Crippen LogP contribution in [0.25, 0.3) is 11.6 Å². The number of rotatable bonds is 1. The van der Waals surface area contributed by atoms with E-state index in [-0.39, 0.29) is 4.84 Å². The molecule has 12 heavy (non-hydrogen) atoms. The molecule has 1 N–H and O–H groups in total. The quantitative estimate of drug-likeness (QED) is 0.667. The van der Waals surface area contributed by atoms with Crippen molar-refractivity contribution in [2.75, 3.05) is 0 Å². The first-order valence-electron chi connectivity index (χ1n) is 3.18. The summed E-state index contributed by atoms with van der Waals surface area (Å²) in [4.78, 5) is 7.93. The molecule has 0 amide bonds. The average Bonchev–Trinajstić information content (AvgIpc) is 2.54. The topological polar surface area (TPSA) is 67.6 Å². The summed E-state index contributed by atoms with van der Waals surface area (Å²) in [6.45, 7) is 0. The van der Waals surface area contributed by atoms with Gasteiger partial charge in [0.15, 0.2) is 0 Å². The molecule has 2 aromatic rings. The molecule has 0 aliphatic carbocycles. The van der Waals surface area contributed by atoms with E-state index in [4.69, 9.17) is 16.6 Å². The Balaban J connectivity index is 2.51. The van der Waals surface area contributed by atoms with Crippen molar-refractivity contribution in [1.29, 1.82) is 0 Å². The van der Waals surface area contributed by atoms with Crippen molar-refractivity contribution < 1.29 is 4.42 Å². The molecule has 2 heterocycles. The highest BCUT2D eigenvalue weighted by Gasteiger charge is 2.02. The van der Waals surface area contributed by atoms with Crippen LogP contribution in [0.1, 0.15) is 0 Å². The molecule has 6 heteroatoms. The smallest absolute Gasteiger partial charge is 0.284 e. The minimum absolute atomic E-state index is 0.239. The van der Waals surface area contributed by atoms with Crippen LogP contribution in [0.3, 0.4) is 0 Å². The van der Waals surface area contributed by atoms with Crippen molar-refractivity contribution in [3.8, 4) is 11.6 Å². The first-order valence-corrected chi connectivity index (χ1v) is 3.59. The Labute approximate surface area is 72.5 Å². The first-order chi connectivity index (χ1) is 5.86. The molecule has 0 unspecified atom stereocenters. The van der Waals surface area contributed by atoms with Gasteiger partial charge >= 0.3 is 0 Å². The second-order valence-corrected chi connectivity index (χ2v) is 2.38. The van der Waals surface area contributed by atoms with Gasteiger partial charge in [-0.05, 0) is 18.3 Å². The summed E-state index contributed by atoms with van der Waals surface area (Å²) in [7, 11) is 0. The van der Waals surface area contributed by atoms with Gasteiger partial charge in [0.1, 0.15) is 12.0 Å². The number of hydrogen-bond donors (Lipinski definition) is 1. The second-order valence-electron chi connectivity index (χ2n) is 2.01. The van der Waals surface area contributed by atoms with Crippen molar-refractivity contribution in [1.82, 2.24) is 20.2 Å². The average molecular weight is 180 g/mol. The Kier molecular flexibility index (Phi) is 1.67. The van der Waals surface area contributed by atoms with E-state index in [9.17, 15) is 0 Å². The Hall–Kier alpha value is -1.56. The van der Waals surface area contributed by atoms with Crippen LogP contribution in [0.15, 0.2) is 23.0 Å². The summed E-state index contributed by atoms with van der Waals surface area (Å²) >= 11 is 4.70. The Morgan fingerprint density at radius 1 is 1.50 bits per heavy atom. The summed E-state index contributed by atoms with van der Waals surface area (Å²) < 4.78 is 5.03. The lowest BCUT2D eigenvalue weighted by molar-refractivity contribution is 0.549. The molecule has 2 rings (SSSR count). The van der Waals surface area contributed by atoms with Crippen molar-refractivity contribution in [2.24, 2.45) is 0 Å². The van der Waals surface area contributed by atoms with Gasteiger partial charge in [-0.25, -0.2) is 15.1 Å². The molecule has 60 valence electrons. The van der Waals surface area contributed by atoms with E-state index in [2.05, 4.69) is 20.2 Å². The Morgan fingerprint density at radius 2 is 2.42 bits per heavy atom. The highest BCUT2D eigenvalue weighted by molar-refractivity contribution is 7.71. The molecule has 0 aromatic carbocycles. The maximum absolute atomic E-state index is 5.03. The summed E-state index contributed by atoms with van der Waals surface area (Å²) in [5, 5.41) is 6.30. The molecular formula is C6H4N4OS. The second kappa shape index (κ2) is 2.82. The first kappa shape index (κ1) is 7.11. The molecule has 0 saturated heterocycles. The van der Waals surface area contributed by atoms with Gasteiger partial charge in [0.2, 0.25) is 0 Å². The van der Waals surface area contributed by atoms with Crippen molar-refractivity contribution >= 4 is 12.2 Å². The Bertz CT molecular complexity index is 420. The fraction of sp³-hybridized carbons (Fsp3) is 0. The lowest BCUT2D eigenvalue weighted by Gasteiger charge is -1.88. The number of nitrogens with zero attached hydrogens (tertiary/aromatic N) is 3. The fourth-order valence-electron chi connectivity index (χ4n) is 0.757. The van der Waals surface area contributed by atoms with Crippen molar-refractivity contribution in [3.63, 3.8) is 0 Å². The lowest BCUT2D eigenvalue weighted by atomic mass is 10.4. The number of aromatic nitrogens is 4. The molecule has 2 aromatic heterocycles. The van der Waals surface area contributed by atoms with Gasteiger partial charge < -0.3 is 4.42 Å². The van der Waals surface area contributed by atoms with Gasteiger partial charge in [0, 0.05) is 6.20 Å². The van der Waals surface area contributed by atoms with Gasteiger partial charge in [-0.2, -0.15) is 0 Å². The minimum Gasteiger partial charge on any atom is -0.408 e. The summed E-state index contributed by atoms with van der Waals surface area (Å²) in [5.41, 5.74) is 0.609. The SMILES string of the molecule is S=c1[nH]nc(-c2ccncn2)o1. The van der Waals surface area contributed by atoms with E-state index in [0.717, 1.165) is 0 Å². The Morgan fingerprint density at radius 3 is 3.00 bits per heavy atom. The van der Waals surface area contributed by atoms with Crippen LogP contribution in [-0.2, 0) is 0 Å². The monoisotopic (exact) mass is 180 g/mol. The zero-order chi connectivity index (χ0) is 8.39. The van der Waals surface area contributed by atoms with Gasteiger partial charge in [-0.1, -0.05) is 0 Å². The van der Waals surface area contributed by atoms with Gasteiger partial charge in [0.05, 0.1) is 0 Å². The maximum Gasteiger partial charge on any atom is 0.284 e. The van der Waals surface area contributed by atoms with E-state index < -0.39 is 0 Å². The predicted octanol–water partition coefficient (Wildman–Crippen LogP) is 1.19. The third-order valence-electron chi connectivity index (χ3n) is 1.24. The molecule has 0 aliphatic heterocycles. The van der Waals surface area contributed by atoms with Crippen LogP contribution in [0.5, 0.6) is 0 Å². The number of H-pyrrole nitrogens is 1. The lowest BCUT2D eigenvalue weighted by Crippen LogP contribution is -1.83. The molecule has 0 spiro atoms. The van der Waals surface area contributed by atoms with Crippen LogP contribution in [0.4, 0.5) is 0 Å². The molecule has 0 atom stereocenters. The number of nitrogens with one attached hydrogen (secondary N) is 1. The molecule has 0 aliphatic rings. The normalized spacial score (nSPS) is 10.0. The summed E-state index contributed by atoms with van der Waals surface area (Å²) in [6.07, 6.45) is 3.03. The standard InChI is InChI=1S/C6H4N4OS/c12-6-10-9-5(11-6)4-1-2-7-3-8-4/h1-3H,(H,10,12). The predicted molar refractivity (Wildman–Crippen MR) is 42.7 cm³/mol. The fourth-order valence-corrected chi connectivity index (χ4v) is 0.881. The van der Waals surface area contributed by atoms with Gasteiger partial charge in [-0.15, -0.1) is 5.10 Å². The minimum atomic E-state index is 0.239. The molecule has 0 fully saturated rings. The summed E-state index contributed by atoms with van der Waals surface area (Å²) in [6, 6.07) is 1.69. The van der Waals surface area contributed by atoms with Crippen LogP contribution in [0, 0.1) is 4.84 Å². The van der Waals surface area contributed by atoms with Crippen LogP contribution < -0.4 is 0 Å². The van der Waals surface area contributed by atoms with Crippen molar-refractivity contribution in [3.05, 3.63) is 23.4 Å². The van der Waals surface area contributed by atoms with E-state index in [0.29, 0.717) is 11.6 Å². The molecular weight excluding hydrogens is 176 g/mol. The maximum atomic E-state index is 5.03. The number of aromatic amines is 1. The molecule has 0 radical (unpaired) electrons. The summed E-state index contributed by atoms with van der Waals surface area (Å²) in [5.74, 6) is 0.377.